The second kappa shape index (κ2) is 7.73. The fourth-order valence-electron chi connectivity index (χ4n) is 1.30. The lowest BCUT2D eigenvalue weighted by atomic mass is 10.2. The van der Waals surface area contributed by atoms with E-state index in [1.807, 2.05) is 0 Å². The Labute approximate surface area is 128 Å². The summed E-state index contributed by atoms with van der Waals surface area (Å²) in [5.41, 5.74) is 5.77. The molecular formula is C12H14ClN3O4S. The Morgan fingerprint density at radius 2 is 2.19 bits per heavy atom. The van der Waals surface area contributed by atoms with E-state index < -0.39 is 16.3 Å². The minimum absolute atomic E-state index is 0.0511. The number of nitrogens with two attached hydrogens (primary N) is 1. The van der Waals surface area contributed by atoms with E-state index in [-0.39, 0.29) is 18.8 Å². The fourth-order valence-corrected chi connectivity index (χ4v) is 2.26. The zero-order valence-corrected chi connectivity index (χ0v) is 12.7. The van der Waals surface area contributed by atoms with Crippen molar-refractivity contribution in [2.75, 3.05) is 17.9 Å². The van der Waals surface area contributed by atoms with Crippen LogP contribution in [0.4, 0.5) is 10.5 Å². The minimum Gasteiger partial charge on any atom is -0.449 e. The predicted octanol–water partition coefficient (Wildman–Crippen LogP) is 1.05. The van der Waals surface area contributed by atoms with Crippen LogP contribution < -0.4 is 15.2 Å². The van der Waals surface area contributed by atoms with Crippen LogP contribution >= 0.6 is 11.6 Å². The number of halogens is 1. The predicted molar refractivity (Wildman–Crippen MR) is 80.1 cm³/mol. The number of carbonyl (C=O) groups excluding carboxylic acids is 1. The first-order valence-corrected chi connectivity index (χ1v) is 7.70. The second-order valence-corrected chi connectivity index (χ2v) is 5.48. The molecule has 0 atom stereocenters. The van der Waals surface area contributed by atoms with Gasteiger partial charge in [-0.05, 0) is 25.1 Å². The third-order valence-corrected chi connectivity index (χ3v) is 3.20. The number of anilines is 1. The van der Waals surface area contributed by atoms with Crippen LogP contribution in [0.2, 0.25) is 5.02 Å². The third-order valence-electron chi connectivity index (χ3n) is 2.04. The fraction of sp³-hybridized carbons (Fsp3) is 0.250. The lowest BCUT2D eigenvalue weighted by molar-refractivity contribution is 0.159. The van der Waals surface area contributed by atoms with E-state index in [9.17, 15) is 13.2 Å². The molecule has 0 spiro atoms. The van der Waals surface area contributed by atoms with Crippen LogP contribution in [0, 0.1) is 11.8 Å². The van der Waals surface area contributed by atoms with Crippen LogP contribution in [0.25, 0.3) is 0 Å². The van der Waals surface area contributed by atoms with E-state index in [0.29, 0.717) is 10.6 Å². The monoisotopic (exact) mass is 331 g/mol. The van der Waals surface area contributed by atoms with E-state index in [2.05, 4.69) is 21.3 Å². The Bertz CT molecular complexity index is 679. The van der Waals surface area contributed by atoms with Crippen molar-refractivity contribution < 1.29 is 17.9 Å². The molecule has 0 unspecified atom stereocenters. The maximum atomic E-state index is 11.8. The zero-order valence-electron chi connectivity index (χ0n) is 11.1. The van der Waals surface area contributed by atoms with E-state index in [0.717, 1.165) is 0 Å². The molecule has 7 nitrogen and oxygen atoms in total. The maximum absolute atomic E-state index is 11.8. The molecule has 0 radical (unpaired) electrons. The van der Waals surface area contributed by atoms with Gasteiger partial charge in [0.1, 0.15) is 0 Å². The van der Waals surface area contributed by atoms with Crippen molar-refractivity contribution >= 4 is 33.6 Å². The molecule has 4 N–H and O–H groups in total. The molecule has 0 fully saturated rings. The van der Waals surface area contributed by atoms with Gasteiger partial charge in [-0.3, -0.25) is 4.72 Å². The SMILES string of the molecule is CCOC(=O)NS(=O)(=O)Nc1ccc(Cl)cc1C#CCN. The molecular weight excluding hydrogens is 318 g/mol. The first kappa shape index (κ1) is 17.1. The number of rotatable bonds is 4. The van der Waals surface area contributed by atoms with Crippen molar-refractivity contribution in [3.05, 3.63) is 28.8 Å². The molecule has 1 aromatic carbocycles. The molecule has 1 aromatic rings. The molecule has 0 aliphatic carbocycles. The van der Waals surface area contributed by atoms with Gasteiger partial charge in [-0.2, -0.15) is 8.42 Å². The average molecular weight is 332 g/mol. The Kier molecular flexibility index (Phi) is 6.30. The van der Waals surface area contributed by atoms with Gasteiger partial charge in [0.05, 0.1) is 24.4 Å². The van der Waals surface area contributed by atoms with Gasteiger partial charge in [0.25, 0.3) is 0 Å². The van der Waals surface area contributed by atoms with Crippen molar-refractivity contribution in [2.24, 2.45) is 5.73 Å². The number of amides is 1. The summed E-state index contributed by atoms with van der Waals surface area (Å²) >= 11 is 5.83. The number of carbonyl (C=O) groups is 1. The number of hydrogen-bond donors (Lipinski definition) is 3. The van der Waals surface area contributed by atoms with Crippen LogP contribution in [0.5, 0.6) is 0 Å². The minimum atomic E-state index is -4.13. The molecule has 21 heavy (non-hydrogen) atoms. The van der Waals surface area contributed by atoms with Gasteiger partial charge in [0, 0.05) is 5.02 Å². The average Bonchev–Trinajstić information content (AvgIpc) is 2.38. The molecule has 1 amide bonds. The van der Waals surface area contributed by atoms with Crippen molar-refractivity contribution in [3.63, 3.8) is 0 Å². The second-order valence-electron chi connectivity index (χ2n) is 3.62. The molecule has 0 aromatic heterocycles. The summed E-state index contributed by atoms with van der Waals surface area (Å²) in [5.74, 6) is 5.28. The summed E-state index contributed by atoms with van der Waals surface area (Å²) in [6.45, 7) is 1.72. The molecule has 0 aliphatic heterocycles. The van der Waals surface area contributed by atoms with Gasteiger partial charge in [-0.1, -0.05) is 23.4 Å². The molecule has 114 valence electrons. The zero-order chi connectivity index (χ0) is 15.9. The standard InChI is InChI=1S/C12H14ClN3O4S/c1-2-20-12(17)16-21(18,19)15-11-6-5-10(13)8-9(11)4-3-7-14/h5-6,8,15H,2,7,14H2,1H3,(H,16,17). The molecule has 1 rings (SSSR count). The number of ether oxygens (including phenoxy) is 1. The summed E-state index contributed by atoms with van der Waals surface area (Å²) in [4.78, 5) is 11.1. The summed E-state index contributed by atoms with van der Waals surface area (Å²) < 4.78 is 31.9. The van der Waals surface area contributed by atoms with Gasteiger partial charge >= 0.3 is 16.3 Å². The molecule has 0 bridgehead atoms. The highest BCUT2D eigenvalue weighted by atomic mass is 35.5. The van der Waals surface area contributed by atoms with E-state index in [4.69, 9.17) is 17.3 Å². The summed E-state index contributed by atoms with van der Waals surface area (Å²) in [6.07, 6.45) is -1.08. The van der Waals surface area contributed by atoms with Crippen LogP contribution in [-0.4, -0.2) is 27.7 Å². The van der Waals surface area contributed by atoms with Crippen molar-refractivity contribution in [3.8, 4) is 11.8 Å². The quantitative estimate of drug-likeness (QED) is 0.714. The van der Waals surface area contributed by atoms with Crippen molar-refractivity contribution in [2.45, 2.75) is 6.92 Å². The van der Waals surface area contributed by atoms with Gasteiger partial charge in [0.2, 0.25) is 0 Å². The van der Waals surface area contributed by atoms with Gasteiger partial charge in [-0.25, -0.2) is 9.52 Å². The van der Waals surface area contributed by atoms with Crippen LogP contribution in [0.1, 0.15) is 12.5 Å². The molecule has 0 heterocycles. The third kappa shape index (κ3) is 5.91. The highest BCUT2D eigenvalue weighted by Gasteiger charge is 2.16. The molecule has 0 aliphatic rings. The number of benzene rings is 1. The van der Waals surface area contributed by atoms with Gasteiger partial charge in [0.15, 0.2) is 0 Å². The lowest BCUT2D eigenvalue weighted by Gasteiger charge is -2.11. The van der Waals surface area contributed by atoms with Crippen LogP contribution in [0.15, 0.2) is 18.2 Å². The Morgan fingerprint density at radius 3 is 2.81 bits per heavy atom. The van der Waals surface area contributed by atoms with Crippen LogP contribution in [0.3, 0.4) is 0 Å². The first-order valence-electron chi connectivity index (χ1n) is 5.83. The Hall–Kier alpha value is -1.95. The molecule has 0 saturated heterocycles. The summed E-state index contributed by atoms with van der Waals surface area (Å²) in [5, 5.41) is 0.387. The Balaban J connectivity index is 2.99. The molecule has 9 heteroatoms. The number of hydrogen-bond acceptors (Lipinski definition) is 5. The van der Waals surface area contributed by atoms with Crippen molar-refractivity contribution in [1.29, 1.82) is 0 Å². The smallest absolute Gasteiger partial charge is 0.422 e. The molecule has 0 saturated carbocycles. The van der Waals surface area contributed by atoms with E-state index in [1.54, 1.807) is 11.6 Å². The highest BCUT2D eigenvalue weighted by Crippen LogP contribution is 2.20. The normalized spacial score (nSPS) is 10.2. The topological polar surface area (TPSA) is 111 Å². The summed E-state index contributed by atoms with van der Waals surface area (Å²) in [7, 11) is -4.13. The first-order chi connectivity index (χ1) is 9.88. The van der Waals surface area contributed by atoms with E-state index in [1.165, 1.54) is 18.2 Å². The summed E-state index contributed by atoms with van der Waals surface area (Å²) in [6, 6.07) is 4.39. The maximum Gasteiger partial charge on any atom is 0.422 e. The van der Waals surface area contributed by atoms with Gasteiger partial charge in [-0.15, -0.1) is 0 Å². The van der Waals surface area contributed by atoms with Crippen LogP contribution in [-0.2, 0) is 14.9 Å². The largest absolute Gasteiger partial charge is 0.449 e. The highest BCUT2D eigenvalue weighted by molar-refractivity contribution is 7.91. The lowest BCUT2D eigenvalue weighted by Crippen LogP contribution is -2.35. The van der Waals surface area contributed by atoms with Crippen molar-refractivity contribution in [1.82, 2.24) is 4.72 Å². The van der Waals surface area contributed by atoms with Gasteiger partial charge < -0.3 is 10.5 Å². The Morgan fingerprint density at radius 1 is 1.48 bits per heavy atom. The number of nitrogens with one attached hydrogen (secondary N) is 2. The van der Waals surface area contributed by atoms with E-state index >= 15 is 0 Å².